The number of rotatable bonds is 1. The van der Waals surface area contributed by atoms with Crippen molar-refractivity contribution in [2.24, 2.45) is 5.73 Å². The Morgan fingerprint density at radius 1 is 1.71 bits per heavy atom. The molecule has 0 saturated heterocycles. The molecule has 0 fully saturated rings. The van der Waals surface area contributed by atoms with Crippen LogP contribution >= 0.6 is 0 Å². The number of amides is 2. The van der Waals surface area contributed by atoms with Crippen molar-refractivity contribution in [2.45, 2.75) is 12.8 Å². The second-order valence-electron chi connectivity index (χ2n) is 3.06. The molecule has 14 heavy (non-hydrogen) atoms. The van der Waals surface area contributed by atoms with Gasteiger partial charge >= 0.3 is 6.03 Å². The molecule has 0 unspecified atom stereocenters. The third-order valence-corrected chi connectivity index (χ3v) is 2.02. The monoisotopic (exact) mass is 192 g/mol. The van der Waals surface area contributed by atoms with Gasteiger partial charge in [0.2, 0.25) is 0 Å². The summed E-state index contributed by atoms with van der Waals surface area (Å²) in [5, 5.41) is 0. The molecule has 2 amide bonds. The number of urea groups is 1. The molecular weight excluding hydrogens is 180 g/mol. The van der Waals surface area contributed by atoms with E-state index in [2.05, 4.69) is 0 Å². The molecule has 4 nitrogen and oxygen atoms in total. The van der Waals surface area contributed by atoms with Crippen LogP contribution in [-0.4, -0.2) is 23.9 Å². The highest BCUT2D eigenvalue weighted by Crippen LogP contribution is 2.21. The molecule has 2 N–H and O–H groups in total. The Bertz CT molecular complexity index is 349. The van der Waals surface area contributed by atoms with E-state index in [0.29, 0.717) is 5.57 Å². The fourth-order valence-electron chi connectivity index (χ4n) is 1.21. The number of nitrogens with two attached hydrogens (primary N) is 1. The second kappa shape index (κ2) is 4.44. The van der Waals surface area contributed by atoms with E-state index in [-0.39, 0.29) is 0 Å². The first-order valence-electron chi connectivity index (χ1n) is 4.30. The molecule has 0 aromatic heterocycles. The Balaban J connectivity index is 2.91. The first kappa shape index (κ1) is 10.3. The summed E-state index contributed by atoms with van der Waals surface area (Å²) in [6.45, 7) is 0. The standard InChI is InChI=1S/C10H12N2O2/c1-12(10(11)14)6-8-4-2-3-5-9(8)7-13/h3,5-6H,2,4H2,1H3,(H2,11,14)/b8-6-. The van der Waals surface area contributed by atoms with Crippen LogP contribution in [0.2, 0.25) is 0 Å². The maximum absolute atomic E-state index is 10.7. The van der Waals surface area contributed by atoms with Crippen LogP contribution in [0.5, 0.6) is 0 Å². The number of carbonyl (C=O) groups excluding carboxylic acids is 2. The molecule has 1 rings (SSSR count). The molecule has 0 atom stereocenters. The Kier molecular flexibility index (Phi) is 3.26. The summed E-state index contributed by atoms with van der Waals surface area (Å²) in [4.78, 5) is 22.5. The van der Waals surface area contributed by atoms with E-state index in [1.807, 2.05) is 12.0 Å². The molecule has 0 aliphatic heterocycles. The maximum atomic E-state index is 10.7. The summed E-state index contributed by atoms with van der Waals surface area (Å²) in [5.74, 6) is 1.83. The van der Waals surface area contributed by atoms with E-state index in [9.17, 15) is 9.59 Å². The van der Waals surface area contributed by atoms with Crippen LogP contribution in [0.1, 0.15) is 12.8 Å². The minimum absolute atomic E-state index is 0.490. The molecule has 0 spiro atoms. The third kappa shape index (κ3) is 2.34. The van der Waals surface area contributed by atoms with Crippen molar-refractivity contribution in [1.82, 2.24) is 4.90 Å². The average molecular weight is 192 g/mol. The Hall–Kier alpha value is -1.80. The largest absolute Gasteiger partial charge is 0.351 e. The molecule has 0 radical (unpaired) electrons. The van der Waals surface area contributed by atoms with Gasteiger partial charge in [-0.3, -0.25) is 0 Å². The SMILES string of the molecule is CN(/C=C1/CCC=CC1=C=O)C(N)=O. The number of allylic oxidation sites excluding steroid dienone is 4. The number of carbonyl (C=O) groups is 1. The smallest absolute Gasteiger partial charge is 0.318 e. The zero-order valence-electron chi connectivity index (χ0n) is 7.99. The summed E-state index contributed by atoms with van der Waals surface area (Å²) in [6, 6.07) is -0.544. The molecule has 0 heterocycles. The van der Waals surface area contributed by atoms with Gasteiger partial charge in [-0.05, 0) is 24.5 Å². The highest BCUT2D eigenvalue weighted by molar-refractivity contribution is 5.74. The molecule has 0 aromatic carbocycles. The van der Waals surface area contributed by atoms with Crippen LogP contribution < -0.4 is 5.73 Å². The van der Waals surface area contributed by atoms with E-state index < -0.39 is 6.03 Å². The number of nitrogens with zero attached hydrogens (tertiary/aromatic N) is 1. The zero-order valence-corrected chi connectivity index (χ0v) is 7.99. The van der Waals surface area contributed by atoms with Crippen molar-refractivity contribution >= 4 is 12.0 Å². The molecule has 4 heteroatoms. The maximum Gasteiger partial charge on any atom is 0.318 e. The van der Waals surface area contributed by atoms with E-state index in [1.54, 1.807) is 19.3 Å². The quantitative estimate of drug-likeness (QED) is 0.629. The first-order valence-corrected chi connectivity index (χ1v) is 4.30. The fourth-order valence-corrected chi connectivity index (χ4v) is 1.21. The fraction of sp³-hybridized carbons (Fsp3) is 0.300. The van der Waals surface area contributed by atoms with Crippen molar-refractivity contribution in [3.63, 3.8) is 0 Å². The van der Waals surface area contributed by atoms with Gasteiger partial charge in [-0.15, -0.1) is 0 Å². The number of hydrogen-bond acceptors (Lipinski definition) is 2. The van der Waals surface area contributed by atoms with Crippen molar-refractivity contribution < 1.29 is 9.59 Å². The van der Waals surface area contributed by atoms with Gasteiger partial charge in [-0.25, -0.2) is 9.59 Å². The van der Waals surface area contributed by atoms with Crippen LogP contribution in [0.3, 0.4) is 0 Å². The normalized spacial score (nSPS) is 18.1. The van der Waals surface area contributed by atoms with E-state index in [4.69, 9.17) is 5.73 Å². The lowest BCUT2D eigenvalue weighted by Crippen LogP contribution is -2.27. The number of primary amides is 1. The predicted octanol–water partition coefficient (Wildman–Crippen LogP) is 0.989. The second-order valence-corrected chi connectivity index (χ2v) is 3.06. The summed E-state index contributed by atoms with van der Waals surface area (Å²) in [5.41, 5.74) is 6.34. The van der Waals surface area contributed by atoms with Gasteiger partial charge in [-0.1, -0.05) is 6.08 Å². The van der Waals surface area contributed by atoms with Crippen molar-refractivity contribution in [3.05, 3.63) is 29.5 Å². The lowest BCUT2D eigenvalue weighted by atomic mass is 9.97. The third-order valence-electron chi connectivity index (χ3n) is 2.02. The van der Waals surface area contributed by atoms with Gasteiger partial charge in [0.05, 0.1) is 5.57 Å². The molecule has 1 aliphatic carbocycles. The van der Waals surface area contributed by atoms with Crippen molar-refractivity contribution in [3.8, 4) is 0 Å². The molecule has 1 aliphatic rings. The van der Waals surface area contributed by atoms with Crippen LogP contribution in [0.25, 0.3) is 0 Å². The number of hydrogen-bond donors (Lipinski definition) is 1. The van der Waals surface area contributed by atoms with Crippen LogP contribution in [0, 0.1) is 0 Å². The average Bonchev–Trinajstić information content (AvgIpc) is 2.18. The first-order chi connectivity index (χ1) is 6.65. The van der Waals surface area contributed by atoms with Crippen LogP contribution in [0.4, 0.5) is 4.79 Å². The highest BCUT2D eigenvalue weighted by Gasteiger charge is 2.09. The van der Waals surface area contributed by atoms with Crippen molar-refractivity contribution in [2.75, 3.05) is 7.05 Å². The van der Waals surface area contributed by atoms with Gasteiger partial charge < -0.3 is 10.6 Å². The van der Waals surface area contributed by atoms with Gasteiger partial charge in [0.25, 0.3) is 0 Å². The summed E-state index contributed by atoms with van der Waals surface area (Å²) in [6.07, 6.45) is 6.79. The summed E-state index contributed by atoms with van der Waals surface area (Å²) in [7, 11) is 1.55. The molecule has 0 saturated carbocycles. The molecule has 74 valence electrons. The minimum Gasteiger partial charge on any atom is -0.351 e. The van der Waals surface area contributed by atoms with Gasteiger partial charge in [0, 0.05) is 13.2 Å². The van der Waals surface area contributed by atoms with Crippen LogP contribution in [-0.2, 0) is 4.79 Å². The van der Waals surface area contributed by atoms with Gasteiger partial charge in [-0.2, -0.15) is 0 Å². The molecule has 0 aromatic rings. The van der Waals surface area contributed by atoms with E-state index in [0.717, 1.165) is 18.4 Å². The summed E-state index contributed by atoms with van der Waals surface area (Å²) < 4.78 is 0. The minimum atomic E-state index is -0.544. The molecule has 0 bridgehead atoms. The lowest BCUT2D eigenvalue weighted by Gasteiger charge is -2.14. The van der Waals surface area contributed by atoms with E-state index in [1.165, 1.54) is 4.90 Å². The molecular formula is C10H12N2O2. The zero-order chi connectivity index (χ0) is 10.6. The van der Waals surface area contributed by atoms with E-state index >= 15 is 0 Å². The Labute approximate surface area is 82.4 Å². The Morgan fingerprint density at radius 2 is 2.43 bits per heavy atom. The van der Waals surface area contributed by atoms with Gasteiger partial charge in [0.15, 0.2) is 0 Å². The van der Waals surface area contributed by atoms with Crippen molar-refractivity contribution in [1.29, 1.82) is 0 Å². The Morgan fingerprint density at radius 3 is 3.00 bits per heavy atom. The summed E-state index contributed by atoms with van der Waals surface area (Å²) >= 11 is 0. The van der Waals surface area contributed by atoms with Gasteiger partial charge in [0.1, 0.15) is 5.94 Å². The predicted molar refractivity (Wildman–Crippen MR) is 53.0 cm³/mol. The lowest BCUT2D eigenvalue weighted by molar-refractivity contribution is 0.231. The van der Waals surface area contributed by atoms with Crippen LogP contribution in [0.15, 0.2) is 29.5 Å². The topological polar surface area (TPSA) is 63.4 Å². The highest BCUT2D eigenvalue weighted by atomic mass is 16.2.